The average Bonchev–Trinajstić information content (AvgIpc) is 3.52. The van der Waals surface area contributed by atoms with Crippen molar-refractivity contribution in [1.29, 1.82) is 0 Å². The normalized spacial score (nSPS) is 25.8. The third-order valence-electron chi connectivity index (χ3n) is 7.43. The number of hydrogen-bond donors (Lipinski definition) is 2. The zero-order chi connectivity index (χ0) is 21.9. The van der Waals surface area contributed by atoms with E-state index in [1.54, 1.807) is 0 Å². The summed E-state index contributed by atoms with van der Waals surface area (Å²) in [5, 5.41) is 19.1. The molecule has 0 spiro atoms. The van der Waals surface area contributed by atoms with Gasteiger partial charge in [-0.1, -0.05) is 0 Å². The molecule has 2 bridgehead atoms. The minimum Gasteiger partial charge on any atom is -0.393 e. The van der Waals surface area contributed by atoms with Crippen LogP contribution in [0.1, 0.15) is 42.1 Å². The minimum atomic E-state index is -0.455. The second-order valence-electron chi connectivity index (χ2n) is 9.62. The lowest BCUT2D eigenvalue weighted by Gasteiger charge is -2.32. The quantitative estimate of drug-likeness (QED) is 0.651. The van der Waals surface area contributed by atoms with Crippen molar-refractivity contribution < 1.29 is 9.84 Å². The van der Waals surface area contributed by atoms with Crippen LogP contribution in [0.15, 0.2) is 24.4 Å². The van der Waals surface area contributed by atoms with Crippen LogP contribution in [0.5, 0.6) is 0 Å². The molecule has 6 rings (SSSR count). The molecule has 168 valence electrons. The highest BCUT2D eigenvalue weighted by Gasteiger charge is 2.51. The Morgan fingerprint density at radius 2 is 1.97 bits per heavy atom. The lowest BCUT2D eigenvalue weighted by atomic mass is 9.87. The third kappa shape index (κ3) is 3.20. The molecule has 0 aliphatic carbocycles. The minimum absolute atomic E-state index is 0.0412. The van der Waals surface area contributed by atoms with Crippen LogP contribution in [0.3, 0.4) is 0 Å². The Labute approximate surface area is 187 Å². The predicted octanol–water partition coefficient (Wildman–Crippen LogP) is 2.24. The fraction of sp³-hybridized carbons (Fsp3) is 0.542. The van der Waals surface area contributed by atoms with Crippen LogP contribution in [0, 0.1) is 13.8 Å². The molecule has 8 nitrogen and oxygen atoms in total. The molecule has 3 saturated heterocycles. The Balaban J connectivity index is 1.40. The summed E-state index contributed by atoms with van der Waals surface area (Å²) in [5.41, 5.74) is 3.39. The number of aliphatic hydroxyl groups is 1. The van der Waals surface area contributed by atoms with Crippen molar-refractivity contribution in [2.75, 3.05) is 37.7 Å². The Bertz CT molecular complexity index is 1170. The number of nitrogens with one attached hydrogen (secondary N) is 1. The maximum atomic E-state index is 9.84. The lowest BCUT2D eigenvalue weighted by Crippen LogP contribution is -2.45. The van der Waals surface area contributed by atoms with E-state index in [4.69, 9.17) is 19.8 Å². The number of nitrogens with zero attached hydrogens (tertiary/aromatic N) is 5. The van der Waals surface area contributed by atoms with Crippen LogP contribution >= 0.6 is 0 Å². The highest BCUT2D eigenvalue weighted by molar-refractivity contribution is 5.82. The molecular formula is C24H30N6O2. The molecular weight excluding hydrogens is 404 g/mol. The van der Waals surface area contributed by atoms with Crippen LogP contribution in [-0.4, -0.2) is 69.3 Å². The monoisotopic (exact) mass is 434 g/mol. The summed E-state index contributed by atoms with van der Waals surface area (Å²) in [5.74, 6) is 2.96. The van der Waals surface area contributed by atoms with E-state index >= 15 is 0 Å². The number of anilines is 1. The Kier molecular flexibility index (Phi) is 4.71. The highest BCUT2D eigenvalue weighted by Crippen LogP contribution is 2.40. The van der Waals surface area contributed by atoms with Crippen molar-refractivity contribution >= 4 is 16.7 Å². The van der Waals surface area contributed by atoms with Gasteiger partial charge in [-0.05, 0) is 69.0 Å². The highest BCUT2D eigenvalue weighted by atomic mass is 16.5. The predicted molar refractivity (Wildman–Crippen MR) is 122 cm³/mol. The smallest absolute Gasteiger partial charge is 0.159 e. The van der Waals surface area contributed by atoms with Crippen molar-refractivity contribution in [2.45, 2.75) is 50.7 Å². The molecule has 8 heteroatoms. The third-order valence-corrected chi connectivity index (χ3v) is 7.43. The number of aliphatic hydroxyl groups excluding tert-OH is 1. The van der Waals surface area contributed by atoms with E-state index in [0.29, 0.717) is 24.9 Å². The topological polar surface area (TPSA) is 88.3 Å². The van der Waals surface area contributed by atoms with Gasteiger partial charge in [-0.3, -0.25) is 0 Å². The maximum Gasteiger partial charge on any atom is 0.159 e. The van der Waals surface area contributed by atoms with Gasteiger partial charge in [-0.25, -0.2) is 14.6 Å². The van der Waals surface area contributed by atoms with Crippen LogP contribution in [-0.2, 0) is 4.74 Å². The molecule has 2 aromatic heterocycles. The van der Waals surface area contributed by atoms with Crippen molar-refractivity contribution in [2.24, 2.45) is 0 Å². The summed E-state index contributed by atoms with van der Waals surface area (Å²) in [6, 6.07) is 6.84. The first-order valence-electron chi connectivity index (χ1n) is 11.6. The van der Waals surface area contributed by atoms with E-state index in [1.807, 2.05) is 23.9 Å². The molecule has 32 heavy (non-hydrogen) atoms. The number of aromatic nitrogens is 4. The van der Waals surface area contributed by atoms with Gasteiger partial charge < -0.3 is 20.1 Å². The van der Waals surface area contributed by atoms with Crippen LogP contribution in [0.2, 0.25) is 0 Å². The molecule has 5 heterocycles. The van der Waals surface area contributed by atoms with Crippen molar-refractivity contribution in [3.05, 3.63) is 41.3 Å². The first-order valence-corrected chi connectivity index (χ1v) is 11.6. The van der Waals surface area contributed by atoms with Gasteiger partial charge in [0.1, 0.15) is 17.2 Å². The number of piperidine rings is 1. The zero-order valence-electron chi connectivity index (χ0n) is 18.7. The van der Waals surface area contributed by atoms with Gasteiger partial charge in [0, 0.05) is 17.9 Å². The second-order valence-corrected chi connectivity index (χ2v) is 9.62. The molecule has 2 atom stereocenters. The first-order chi connectivity index (χ1) is 15.5. The van der Waals surface area contributed by atoms with E-state index in [-0.39, 0.29) is 12.6 Å². The summed E-state index contributed by atoms with van der Waals surface area (Å²) >= 11 is 0. The molecule has 2 N–H and O–H groups in total. The van der Waals surface area contributed by atoms with Gasteiger partial charge in [-0.15, -0.1) is 0 Å². The molecule has 0 radical (unpaired) electrons. The van der Waals surface area contributed by atoms with E-state index in [1.165, 1.54) is 24.0 Å². The van der Waals surface area contributed by atoms with E-state index in [0.717, 1.165) is 42.0 Å². The fourth-order valence-electron chi connectivity index (χ4n) is 5.75. The Hall–Kier alpha value is -2.55. The number of fused-ring (bicyclic) bond motifs is 3. The summed E-state index contributed by atoms with van der Waals surface area (Å²) < 4.78 is 7.80. The first kappa shape index (κ1) is 20.1. The number of aryl methyl sites for hydroxylation is 2. The number of rotatable bonds is 4. The molecule has 0 amide bonds. The molecule has 3 aliphatic heterocycles. The molecule has 2 unspecified atom stereocenters. The van der Waals surface area contributed by atoms with Gasteiger partial charge in [0.05, 0.1) is 37.5 Å². The molecule has 3 aliphatic rings. The van der Waals surface area contributed by atoms with Crippen molar-refractivity contribution in [3.63, 3.8) is 0 Å². The largest absolute Gasteiger partial charge is 0.393 e. The average molecular weight is 435 g/mol. The summed E-state index contributed by atoms with van der Waals surface area (Å²) in [6.07, 6.45) is 5.11. The Morgan fingerprint density at radius 1 is 1.16 bits per heavy atom. The summed E-state index contributed by atoms with van der Waals surface area (Å²) in [4.78, 5) is 11.7. The SMILES string of the molecule is Cc1nc(N2CC3(CO)CC2CO3)cc(-n2ncc3cc(C)c(C4CCNCC4)cc32)n1. The van der Waals surface area contributed by atoms with Gasteiger partial charge in [-0.2, -0.15) is 5.10 Å². The van der Waals surface area contributed by atoms with Gasteiger partial charge in [0.15, 0.2) is 5.82 Å². The van der Waals surface area contributed by atoms with E-state index in [9.17, 15) is 5.11 Å². The van der Waals surface area contributed by atoms with Gasteiger partial charge in [0.2, 0.25) is 0 Å². The number of ether oxygens (including phenoxy) is 1. The maximum absolute atomic E-state index is 9.84. The second kappa shape index (κ2) is 7.50. The lowest BCUT2D eigenvalue weighted by molar-refractivity contribution is -0.0375. The van der Waals surface area contributed by atoms with Crippen LogP contribution in [0.4, 0.5) is 5.82 Å². The fourth-order valence-corrected chi connectivity index (χ4v) is 5.75. The molecule has 0 saturated carbocycles. The van der Waals surface area contributed by atoms with Crippen molar-refractivity contribution in [1.82, 2.24) is 25.1 Å². The van der Waals surface area contributed by atoms with Gasteiger partial charge in [0.25, 0.3) is 0 Å². The van der Waals surface area contributed by atoms with E-state index < -0.39 is 5.60 Å². The molecule has 3 fully saturated rings. The summed E-state index contributed by atoms with van der Waals surface area (Å²) in [7, 11) is 0. The molecule has 3 aromatic rings. The number of hydrogen-bond acceptors (Lipinski definition) is 7. The zero-order valence-corrected chi connectivity index (χ0v) is 18.7. The van der Waals surface area contributed by atoms with Crippen LogP contribution in [0.25, 0.3) is 16.7 Å². The number of benzene rings is 1. The summed E-state index contributed by atoms with van der Waals surface area (Å²) in [6.45, 7) is 7.61. The number of morpholine rings is 1. The van der Waals surface area contributed by atoms with Crippen LogP contribution < -0.4 is 10.2 Å². The Morgan fingerprint density at radius 3 is 2.75 bits per heavy atom. The standard InChI is InChI=1S/C24H30N6O2/c1-15-7-18-11-26-30(21(18)8-20(15)17-3-5-25-6-4-17)23-9-22(27-16(2)28-23)29-13-24(14-31)10-19(29)12-32-24/h7-9,11,17,19,25,31H,3-6,10,12-14H2,1-2H3. The molecule has 1 aromatic carbocycles. The van der Waals surface area contributed by atoms with Gasteiger partial charge >= 0.3 is 0 Å². The van der Waals surface area contributed by atoms with E-state index in [2.05, 4.69) is 29.3 Å². The van der Waals surface area contributed by atoms with Crippen molar-refractivity contribution in [3.8, 4) is 5.82 Å².